The molecule has 0 aliphatic heterocycles. The fourth-order valence-electron chi connectivity index (χ4n) is 2.08. The summed E-state index contributed by atoms with van der Waals surface area (Å²) >= 11 is 0. The minimum absolute atomic E-state index is 0.457. The van der Waals surface area contributed by atoms with Crippen LogP contribution in [0.1, 0.15) is 19.4 Å². The third-order valence-corrected chi connectivity index (χ3v) is 3.20. The Morgan fingerprint density at radius 2 is 1.59 bits per heavy atom. The Kier molecular flexibility index (Phi) is 5.37. The van der Waals surface area contributed by atoms with E-state index in [1.54, 1.807) is 12.4 Å². The average Bonchev–Trinajstić information content (AvgIpc) is 2.59. The van der Waals surface area contributed by atoms with Gasteiger partial charge in [0.15, 0.2) is 0 Å². The molecule has 0 saturated heterocycles. The first kappa shape index (κ1) is 15.8. The van der Waals surface area contributed by atoms with Crippen molar-refractivity contribution in [3.05, 3.63) is 72.6 Å². The Bertz CT molecular complexity index is 722. The second-order valence-corrected chi connectivity index (χ2v) is 4.67. The minimum Gasteiger partial charge on any atom is -0.264 e. The zero-order valence-electron chi connectivity index (χ0n) is 13.0. The van der Waals surface area contributed by atoms with Gasteiger partial charge >= 0.3 is 0 Å². The maximum absolute atomic E-state index is 13.9. The zero-order valence-corrected chi connectivity index (χ0v) is 13.0. The maximum Gasteiger partial charge on any atom is 0.220 e. The lowest BCUT2D eigenvalue weighted by Crippen LogP contribution is -1.91. The quantitative estimate of drug-likeness (QED) is 0.601. The van der Waals surface area contributed by atoms with Gasteiger partial charge in [-0.2, -0.15) is 4.39 Å². The summed E-state index contributed by atoms with van der Waals surface area (Å²) in [4.78, 5) is 7.94. The van der Waals surface area contributed by atoms with Crippen molar-refractivity contribution in [3.63, 3.8) is 0 Å². The van der Waals surface area contributed by atoms with Gasteiger partial charge in [-0.3, -0.25) is 4.98 Å². The lowest BCUT2D eigenvalue weighted by atomic mass is 10.0. The summed E-state index contributed by atoms with van der Waals surface area (Å²) < 4.78 is 13.9. The highest BCUT2D eigenvalue weighted by atomic mass is 19.1. The zero-order chi connectivity index (χ0) is 15.9. The smallest absolute Gasteiger partial charge is 0.220 e. The van der Waals surface area contributed by atoms with Gasteiger partial charge < -0.3 is 0 Å². The van der Waals surface area contributed by atoms with Crippen LogP contribution in [0.15, 0.2) is 61.1 Å². The van der Waals surface area contributed by atoms with Gasteiger partial charge in [0.2, 0.25) is 5.95 Å². The maximum atomic E-state index is 13.9. The molecule has 0 saturated carbocycles. The SMILES string of the molecule is CC.Cc1ccc(-c2cc(-c3cccnc3)cnc2F)cc1. The summed E-state index contributed by atoms with van der Waals surface area (Å²) in [5, 5.41) is 0. The molecule has 0 radical (unpaired) electrons. The second kappa shape index (κ2) is 7.46. The van der Waals surface area contributed by atoms with E-state index in [9.17, 15) is 4.39 Å². The summed E-state index contributed by atoms with van der Waals surface area (Å²) in [7, 11) is 0. The van der Waals surface area contributed by atoms with E-state index in [0.717, 1.165) is 22.3 Å². The Hall–Kier alpha value is -2.55. The van der Waals surface area contributed by atoms with E-state index >= 15 is 0 Å². The Balaban J connectivity index is 0.000000847. The van der Waals surface area contributed by atoms with Gasteiger partial charge in [0.05, 0.1) is 0 Å². The molecule has 2 nitrogen and oxygen atoms in total. The predicted molar refractivity (Wildman–Crippen MR) is 88.9 cm³/mol. The molecule has 0 aliphatic carbocycles. The van der Waals surface area contributed by atoms with Crippen molar-refractivity contribution in [1.82, 2.24) is 9.97 Å². The topological polar surface area (TPSA) is 25.8 Å². The standard InChI is InChI=1S/C17H13FN2.C2H6/c1-12-4-6-13(7-5-12)16-9-15(11-20-17(16)18)14-3-2-8-19-10-14;1-2/h2-11H,1H3;1-2H3. The Morgan fingerprint density at radius 1 is 0.864 bits per heavy atom. The number of hydrogen-bond donors (Lipinski definition) is 0. The van der Waals surface area contributed by atoms with E-state index in [2.05, 4.69) is 9.97 Å². The van der Waals surface area contributed by atoms with Crippen LogP contribution in [0.4, 0.5) is 4.39 Å². The molecule has 0 atom stereocenters. The number of rotatable bonds is 2. The normalized spacial score (nSPS) is 9.82. The largest absolute Gasteiger partial charge is 0.264 e. The summed E-state index contributed by atoms with van der Waals surface area (Å²) in [6.45, 7) is 6.00. The minimum atomic E-state index is -0.457. The monoisotopic (exact) mass is 294 g/mol. The lowest BCUT2D eigenvalue weighted by molar-refractivity contribution is 0.588. The number of pyridine rings is 2. The predicted octanol–water partition coefficient (Wildman–Crippen LogP) is 5.28. The first-order valence-electron chi connectivity index (χ1n) is 7.37. The Labute approximate surface area is 130 Å². The molecule has 0 N–H and O–H groups in total. The molecule has 22 heavy (non-hydrogen) atoms. The van der Waals surface area contributed by atoms with Gasteiger partial charge in [-0.05, 0) is 24.6 Å². The van der Waals surface area contributed by atoms with Crippen LogP contribution in [0, 0.1) is 12.9 Å². The summed E-state index contributed by atoms with van der Waals surface area (Å²) in [6, 6.07) is 13.3. The molecule has 0 amide bonds. The summed E-state index contributed by atoms with van der Waals surface area (Å²) in [5.41, 5.74) is 4.26. The van der Waals surface area contributed by atoms with E-state index in [-0.39, 0.29) is 0 Å². The van der Waals surface area contributed by atoms with Crippen LogP contribution >= 0.6 is 0 Å². The summed E-state index contributed by atoms with van der Waals surface area (Å²) in [5.74, 6) is -0.457. The fraction of sp³-hybridized carbons (Fsp3) is 0.158. The van der Waals surface area contributed by atoms with E-state index < -0.39 is 5.95 Å². The lowest BCUT2D eigenvalue weighted by Gasteiger charge is -2.07. The number of aromatic nitrogens is 2. The van der Waals surface area contributed by atoms with Crippen molar-refractivity contribution in [1.29, 1.82) is 0 Å². The first-order chi connectivity index (χ1) is 10.7. The highest BCUT2D eigenvalue weighted by Crippen LogP contribution is 2.27. The first-order valence-corrected chi connectivity index (χ1v) is 7.37. The van der Waals surface area contributed by atoms with Crippen molar-refractivity contribution in [2.45, 2.75) is 20.8 Å². The van der Waals surface area contributed by atoms with E-state index in [1.807, 2.05) is 63.2 Å². The third-order valence-electron chi connectivity index (χ3n) is 3.20. The van der Waals surface area contributed by atoms with Gasteiger partial charge in [0, 0.05) is 35.3 Å². The van der Waals surface area contributed by atoms with Crippen LogP contribution in [0.5, 0.6) is 0 Å². The average molecular weight is 294 g/mol. The van der Waals surface area contributed by atoms with Crippen molar-refractivity contribution in [3.8, 4) is 22.3 Å². The molecule has 2 aromatic heterocycles. The van der Waals surface area contributed by atoms with Crippen LogP contribution in [-0.4, -0.2) is 9.97 Å². The number of nitrogens with zero attached hydrogens (tertiary/aromatic N) is 2. The number of aryl methyl sites for hydroxylation is 1. The molecule has 3 rings (SSSR count). The Morgan fingerprint density at radius 3 is 2.23 bits per heavy atom. The van der Waals surface area contributed by atoms with Gasteiger partial charge in [-0.25, -0.2) is 4.98 Å². The third kappa shape index (κ3) is 3.55. The van der Waals surface area contributed by atoms with Crippen LogP contribution in [0.25, 0.3) is 22.3 Å². The van der Waals surface area contributed by atoms with Crippen LogP contribution < -0.4 is 0 Å². The van der Waals surface area contributed by atoms with Gasteiger partial charge in [0.25, 0.3) is 0 Å². The highest BCUT2D eigenvalue weighted by Gasteiger charge is 2.08. The molecular formula is C19H19FN2. The fourth-order valence-corrected chi connectivity index (χ4v) is 2.08. The highest BCUT2D eigenvalue weighted by molar-refractivity contribution is 5.71. The molecule has 0 bridgehead atoms. The van der Waals surface area contributed by atoms with Crippen molar-refractivity contribution >= 4 is 0 Å². The number of benzene rings is 1. The molecular weight excluding hydrogens is 275 g/mol. The molecule has 0 spiro atoms. The van der Waals surface area contributed by atoms with Crippen LogP contribution in [0.2, 0.25) is 0 Å². The molecule has 0 unspecified atom stereocenters. The van der Waals surface area contributed by atoms with Crippen molar-refractivity contribution in [2.75, 3.05) is 0 Å². The number of hydrogen-bond acceptors (Lipinski definition) is 2. The van der Waals surface area contributed by atoms with Crippen LogP contribution in [-0.2, 0) is 0 Å². The molecule has 3 heteroatoms. The molecule has 112 valence electrons. The van der Waals surface area contributed by atoms with E-state index in [4.69, 9.17) is 0 Å². The molecule has 1 aromatic carbocycles. The second-order valence-electron chi connectivity index (χ2n) is 4.67. The molecule has 0 fully saturated rings. The van der Waals surface area contributed by atoms with Crippen molar-refractivity contribution in [2.24, 2.45) is 0 Å². The molecule has 3 aromatic rings. The van der Waals surface area contributed by atoms with Gasteiger partial charge in [0.1, 0.15) is 0 Å². The van der Waals surface area contributed by atoms with E-state index in [0.29, 0.717) is 5.56 Å². The summed E-state index contributed by atoms with van der Waals surface area (Å²) in [6.07, 6.45) is 4.99. The van der Waals surface area contributed by atoms with Gasteiger partial charge in [-0.15, -0.1) is 0 Å². The van der Waals surface area contributed by atoms with E-state index in [1.165, 1.54) is 6.20 Å². The molecule has 0 aliphatic rings. The van der Waals surface area contributed by atoms with Gasteiger partial charge in [-0.1, -0.05) is 49.7 Å². The number of halogens is 1. The van der Waals surface area contributed by atoms with Crippen molar-refractivity contribution < 1.29 is 4.39 Å². The van der Waals surface area contributed by atoms with Crippen LogP contribution in [0.3, 0.4) is 0 Å². The molecule has 2 heterocycles.